The summed E-state index contributed by atoms with van der Waals surface area (Å²) in [5.74, 6) is 0.933. The van der Waals surface area contributed by atoms with Crippen molar-refractivity contribution in [2.45, 2.75) is 34.6 Å². The minimum absolute atomic E-state index is 0.0620. The van der Waals surface area contributed by atoms with E-state index in [1.807, 2.05) is 34.6 Å². The molecule has 2 aromatic carbocycles. The van der Waals surface area contributed by atoms with Gasteiger partial charge in [0.05, 0.1) is 19.8 Å². The molecule has 2 rings (SSSR count). The lowest BCUT2D eigenvalue weighted by Crippen LogP contribution is -2.17. The lowest BCUT2D eigenvalue weighted by atomic mass is 10.1. The molecule has 30 heavy (non-hydrogen) atoms. The van der Waals surface area contributed by atoms with Crippen molar-refractivity contribution in [1.29, 1.82) is 0 Å². The fourth-order valence-electron chi connectivity index (χ4n) is 2.65. The molecule has 0 radical (unpaired) electrons. The Morgan fingerprint density at radius 1 is 0.800 bits per heavy atom. The number of ether oxygens (including phenoxy) is 3. The number of amides is 2. The topological polar surface area (TPSA) is 85.9 Å². The highest BCUT2D eigenvalue weighted by Gasteiger charge is 2.18. The van der Waals surface area contributed by atoms with E-state index < -0.39 is 0 Å². The van der Waals surface area contributed by atoms with Crippen LogP contribution >= 0.6 is 0 Å². The molecule has 0 spiro atoms. The van der Waals surface area contributed by atoms with Gasteiger partial charge in [0, 0.05) is 22.9 Å². The van der Waals surface area contributed by atoms with Crippen molar-refractivity contribution < 1.29 is 23.8 Å². The van der Waals surface area contributed by atoms with Crippen molar-refractivity contribution in [2.75, 3.05) is 30.5 Å². The SMILES string of the molecule is CCOc1cc(C(=O)Nc2ccc(NC(=O)C(C)C)cc2)cc(OCC)c1OCC. The fourth-order valence-corrected chi connectivity index (χ4v) is 2.65. The van der Waals surface area contributed by atoms with E-state index in [0.717, 1.165) is 0 Å². The second kappa shape index (κ2) is 11.1. The Morgan fingerprint density at radius 2 is 1.27 bits per heavy atom. The molecule has 2 aromatic rings. The van der Waals surface area contributed by atoms with Gasteiger partial charge in [-0.1, -0.05) is 13.8 Å². The van der Waals surface area contributed by atoms with Crippen LogP contribution in [0.1, 0.15) is 45.0 Å². The monoisotopic (exact) mass is 414 g/mol. The van der Waals surface area contributed by atoms with Gasteiger partial charge < -0.3 is 24.8 Å². The van der Waals surface area contributed by atoms with Crippen LogP contribution in [0.4, 0.5) is 11.4 Å². The molecule has 7 heteroatoms. The first kappa shape index (κ1) is 23.1. The zero-order chi connectivity index (χ0) is 22.1. The normalized spacial score (nSPS) is 10.5. The van der Waals surface area contributed by atoms with Crippen LogP contribution in [-0.4, -0.2) is 31.6 Å². The summed E-state index contributed by atoms with van der Waals surface area (Å²) in [5.41, 5.74) is 1.67. The first-order valence-corrected chi connectivity index (χ1v) is 10.2. The molecule has 0 heterocycles. The number of carbonyl (C=O) groups excluding carboxylic acids is 2. The van der Waals surface area contributed by atoms with E-state index in [1.54, 1.807) is 36.4 Å². The standard InChI is InChI=1S/C23H30N2O5/c1-6-28-19-13-16(14-20(29-7-2)21(19)30-8-3)23(27)25-18-11-9-17(10-12-18)24-22(26)15(4)5/h9-15H,6-8H2,1-5H3,(H,24,26)(H,25,27). The van der Waals surface area contributed by atoms with Crippen molar-refractivity contribution in [1.82, 2.24) is 0 Å². The molecule has 0 bridgehead atoms. The first-order chi connectivity index (χ1) is 14.4. The Balaban J connectivity index is 2.22. The Morgan fingerprint density at radius 3 is 1.70 bits per heavy atom. The predicted octanol–water partition coefficient (Wildman–Crippen LogP) is 4.73. The van der Waals surface area contributed by atoms with Crippen LogP contribution in [0.5, 0.6) is 17.2 Å². The molecule has 0 aliphatic rings. The molecule has 0 aromatic heterocycles. The molecule has 2 N–H and O–H groups in total. The lowest BCUT2D eigenvalue weighted by molar-refractivity contribution is -0.118. The van der Waals surface area contributed by atoms with E-state index >= 15 is 0 Å². The fraction of sp³-hybridized carbons (Fsp3) is 0.391. The summed E-state index contributed by atoms with van der Waals surface area (Å²) in [6, 6.07) is 10.2. The average Bonchev–Trinajstić information content (AvgIpc) is 2.71. The van der Waals surface area contributed by atoms with Gasteiger partial charge in [-0.05, 0) is 57.2 Å². The number of benzene rings is 2. The second-order valence-corrected chi connectivity index (χ2v) is 6.78. The third-order valence-electron chi connectivity index (χ3n) is 4.11. The smallest absolute Gasteiger partial charge is 0.255 e. The minimum atomic E-state index is -0.307. The summed E-state index contributed by atoms with van der Waals surface area (Å²) < 4.78 is 17.0. The van der Waals surface area contributed by atoms with Crippen molar-refractivity contribution in [3.63, 3.8) is 0 Å². The van der Waals surface area contributed by atoms with E-state index in [0.29, 0.717) is 54.0 Å². The molecular weight excluding hydrogens is 384 g/mol. The molecule has 0 saturated carbocycles. The summed E-state index contributed by atoms with van der Waals surface area (Å²) in [6.45, 7) is 10.6. The van der Waals surface area contributed by atoms with Gasteiger partial charge in [0.1, 0.15) is 0 Å². The maximum atomic E-state index is 12.8. The van der Waals surface area contributed by atoms with Crippen molar-refractivity contribution in [2.24, 2.45) is 5.92 Å². The van der Waals surface area contributed by atoms with Gasteiger partial charge in [-0.15, -0.1) is 0 Å². The van der Waals surface area contributed by atoms with Crippen LogP contribution in [0.15, 0.2) is 36.4 Å². The summed E-state index contributed by atoms with van der Waals surface area (Å²) >= 11 is 0. The van der Waals surface area contributed by atoms with Gasteiger partial charge in [0.25, 0.3) is 5.91 Å². The van der Waals surface area contributed by atoms with Gasteiger partial charge >= 0.3 is 0 Å². The molecule has 0 aliphatic heterocycles. The number of rotatable bonds is 10. The Labute approximate surface area is 177 Å². The van der Waals surface area contributed by atoms with Crippen molar-refractivity contribution >= 4 is 23.2 Å². The summed E-state index contributed by atoms with van der Waals surface area (Å²) in [7, 11) is 0. The highest BCUT2D eigenvalue weighted by molar-refractivity contribution is 6.05. The Kier molecular flexibility index (Phi) is 8.53. The Bertz CT molecular complexity index is 835. The van der Waals surface area contributed by atoms with Crippen molar-refractivity contribution in [3.8, 4) is 17.2 Å². The predicted molar refractivity (Wildman–Crippen MR) is 118 cm³/mol. The third-order valence-corrected chi connectivity index (χ3v) is 4.11. The van der Waals surface area contributed by atoms with E-state index in [1.165, 1.54) is 0 Å². The quantitative estimate of drug-likeness (QED) is 0.587. The van der Waals surface area contributed by atoms with Crippen LogP contribution < -0.4 is 24.8 Å². The Hall–Kier alpha value is -3.22. The first-order valence-electron chi connectivity index (χ1n) is 10.2. The van der Waals surface area contributed by atoms with Crippen molar-refractivity contribution in [3.05, 3.63) is 42.0 Å². The zero-order valence-corrected chi connectivity index (χ0v) is 18.2. The highest BCUT2D eigenvalue weighted by atomic mass is 16.5. The van der Waals surface area contributed by atoms with Gasteiger partial charge in [-0.2, -0.15) is 0 Å². The highest BCUT2D eigenvalue weighted by Crippen LogP contribution is 2.39. The van der Waals surface area contributed by atoms with Crippen LogP contribution in [0, 0.1) is 5.92 Å². The van der Waals surface area contributed by atoms with Crippen LogP contribution in [0.25, 0.3) is 0 Å². The van der Waals surface area contributed by atoms with Gasteiger partial charge in [0.2, 0.25) is 11.7 Å². The largest absolute Gasteiger partial charge is 0.490 e. The summed E-state index contributed by atoms with van der Waals surface area (Å²) in [4.78, 5) is 24.6. The third kappa shape index (κ3) is 6.14. The lowest BCUT2D eigenvalue weighted by Gasteiger charge is -2.17. The van der Waals surface area contributed by atoms with E-state index in [9.17, 15) is 9.59 Å². The zero-order valence-electron chi connectivity index (χ0n) is 18.2. The number of hydrogen-bond donors (Lipinski definition) is 2. The molecule has 0 atom stereocenters. The van der Waals surface area contributed by atoms with Crippen LogP contribution in [0.2, 0.25) is 0 Å². The van der Waals surface area contributed by atoms with Crippen LogP contribution in [-0.2, 0) is 4.79 Å². The molecule has 0 saturated heterocycles. The van der Waals surface area contributed by atoms with E-state index in [4.69, 9.17) is 14.2 Å². The summed E-state index contributed by atoms with van der Waals surface area (Å²) in [6.07, 6.45) is 0. The molecular formula is C23H30N2O5. The maximum absolute atomic E-state index is 12.8. The average molecular weight is 415 g/mol. The molecule has 0 aliphatic carbocycles. The molecule has 162 valence electrons. The van der Waals surface area contributed by atoms with Crippen LogP contribution in [0.3, 0.4) is 0 Å². The number of hydrogen-bond acceptors (Lipinski definition) is 5. The molecule has 0 unspecified atom stereocenters. The van der Waals surface area contributed by atoms with Gasteiger partial charge in [-0.3, -0.25) is 9.59 Å². The summed E-state index contributed by atoms with van der Waals surface area (Å²) in [5, 5.41) is 5.66. The molecule has 7 nitrogen and oxygen atoms in total. The van der Waals surface area contributed by atoms with Gasteiger partial charge in [-0.25, -0.2) is 0 Å². The van der Waals surface area contributed by atoms with E-state index in [2.05, 4.69) is 10.6 Å². The van der Waals surface area contributed by atoms with E-state index in [-0.39, 0.29) is 17.7 Å². The minimum Gasteiger partial charge on any atom is -0.490 e. The number of carbonyl (C=O) groups is 2. The number of anilines is 2. The molecule has 2 amide bonds. The number of nitrogens with one attached hydrogen (secondary N) is 2. The second-order valence-electron chi connectivity index (χ2n) is 6.78. The van der Waals surface area contributed by atoms with Gasteiger partial charge in [0.15, 0.2) is 11.5 Å². The molecule has 0 fully saturated rings. The maximum Gasteiger partial charge on any atom is 0.255 e.